The second kappa shape index (κ2) is 10.8. The molecule has 0 saturated carbocycles. The van der Waals surface area contributed by atoms with Crippen molar-refractivity contribution in [2.24, 2.45) is 0 Å². The van der Waals surface area contributed by atoms with Crippen LogP contribution in [0.5, 0.6) is 0 Å². The van der Waals surface area contributed by atoms with Crippen molar-refractivity contribution in [2.75, 3.05) is 0 Å². The molecule has 0 fully saturated rings. The summed E-state index contributed by atoms with van der Waals surface area (Å²) >= 11 is 1.82. The minimum atomic E-state index is 0.575. The summed E-state index contributed by atoms with van der Waals surface area (Å²) in [7, 11) is 0. The number of rotatable bonds is 2. The summed E-state index contributed by atoms with van der Waals surface area (Å²) in [5.41, 5.74) is 5.42. The number of thiophene rings is 1. The van der Waals surface area contributed by atoms with Gasteiger partial charge in [0.15, 0.2) is 0 Å². The van der Waals surface area contributed by atoms with E-state index in [0.717, 1.165) is 38.6 Å². The first-order valence-corrected chi connectivity index (χ1v) is 19.4. The Hall–Kier alpha value is -7.08. The molecule has 13 aromatic rings. The van der Waals surface area contributed by atoms with Crippen LogP contribution < -0.4 is 0 Å². The van der Waals surface area contributed by atoms with Crippen molar-refractivity contribution in [2.45, 2.75) is 0 Å². The molecule has 4 nitrogen and oxygen atoms in total. The molecule has 0 atom stereocenters. The molecular weight excluding hydrogens is 691 g/mol. The van der Waals surface area contributed by atoms with Gasteiger partial charge in [-0.1, -0.05) is 127 Å². The summed E-state index contributed by atoms with van der Waals surface area (Å²) in [6.45, 7) is 0. The molecule has 5 heteroatoms. The lowest BCUT2D eigenvalue weighted by Gasteiger charge is -2.13. The maximum atomic E-state index is 6.64. The minimum Gasteiger partial charge on any atom is -0.437 e. The number of para-hydroxylation sites is 1. The molecule has 0 amide bonds. The average molecular weight is 718 g/mol. The van der Waals surface area contributed by atoms with Crippen molar-refractivity contribution in [3.8, 4) is 17.2 Å². The van der Waals surface area contributed by atoms with Gasteiger partial charge in [0.25, 0.3) is 0 Å². The first kappa shape index (κ1) is 29.4. The third kappa shape index (κ3) is 3.94. The van der Waals surface area contributed by atoms with Crippen LogP contribution in [-0.2, 0) is 0 Å². The lowest BCUT2D eigenvalue weighted by molar-refractivity contribution is 0.651. The molecule has 0 saturated heterocycles. The van der Waals surface area contributed by atoms with Crippen LogP contribution in [0.1, 0.15) is 0 Å². The van der Waals surface area contributed by atoms with Gasteiger partial charge >= 0.3 is 0 Å². The van der Waals surface area contributed by atoms with Crippen molar-refractivity contribution in [3.63, 3.8) is 0 Å². The van der Waals surface area contributed by atoms with Crippen LogP contribution in [0.2, 0.25) is 0 Å². The molecule has 0 bridgehead atoms. The minimum absolute atomic E-state index is 0.575. The molecule has 0 aliphatic rings. The zero-order chi connectivity index (χ0) is 35.8. The maximum Gasteiger partial charge on any atom is 0.238 e. The molecule has 254 valence electrons. The van der Waals surface area contributed by atoms with Crippen LogP contribution in [0.15, 0.2) is 168 Å². The number of hydrogen-bond acceptors (Lipinski definition) is 4. The van der Waals surface area contributed by atoms with Crippen molar-refractivity contribution in [1.29, 1.82) is 0 Å². The molecule has 4 aromatic heterocycles. The molecule has 0 N–H and O–H groups in total. The summed E-state index contributed by atoms with van der Waals surface area (Å²) in [6.07, 6.45) is 0. The summed E-state index contributed by atoms with van der Waals surface area (Å²) in [5, 5.41) is 16.6. The van der Waals surface area contributed by atoms with E-state index < -0.39 is 0 Å². The normalized spacial score (nSPS) is 12.4. The zero-order valence-corrected chi connectivity index (χ0v) is 30.1. The van der Waals surface area contributed by atoms with Gasteiger partial charge in [-0.3, -0.25) is 4.57 Å². The highest BCUT2D eigenvalue weighted by atomic mass is 32.1. The number of benzene rings is 9. The van der Waals surface area contributed by atoms with E-state index in [1.165, 1.54) is 74.0 Å². The first-order valence-electron chi connectivity index (χ1n) is 18.6. The van der Waals surface area contributed by atoms with E-state index in [2.05, 4.69) is 156 Å². The number of furan rings is 1. The van der Waals surface area contributed by atoms with Gasteiger partial charge < -0.3 is 4.42 Å². The monoisotopic (exact) mass is 717 g/mol. The topological polar surface area (TPSA) is 43.9 Å². The predicted octanol–water partition coefficient (Wildman–Crippen LogP) is 14.1. The summed E-state index contributed by atoms with van der Waals surface area (Å²) in [6, 6.07) is 58.9. The van der Waals surface area contributed by atoms with E-state index in [1.54, 1.807) is 0 Å². The Morgan fingerprint density at radius 1 is 0.418 bits per heavy atom. The van der Waals surface area contributed by atoms with Gasteiger partial charge in [0.1, 0.15) is 5.58 Å². The van der Waals surface area contributed by atoms with E-state index >= 15 is 0 Å². The van der Waals surface area contributed by atoms with Gasteiger partial charge in [-0.25, -0.2) is 4.98 Å². The lowest BCUT2D eigenvalue weighted by atomic mass is 9.91. The Labute approximate surface area is 317 Å². The molecule has 0 spiro atoms. The molecular formula is C50H27N3OS. The van der Waals surface area contributed by atoms with Crippen LogP contribution in [0, 0.1) is 0 Å². The summed E-state index contributed by atoms with van der Waals surface area (Å²) in [5.74, 6) is 0.581. The van der Waals surface area contributed by atoms with E-state index in [1.807, 2.05) is 23.5 Å². The highest BCUT2D eigenvalue weighted by molar-refractivity contribution is 7.25. The fraction of sp³-hybridized carbons (Fsp3) is 0. The summed E-state index contributed by atoms with van der Waals surface area (Å²) < 4.78 is 11.4. The zero-order valence-electron chi connectivity index (χ0n) is 29.2. The van der Waals surface area contributed by atoms with Gasteiger partial charge in [0.05, 0.1) is 22.1 Å². The van der Waals surface area contributed by atoms with Crippen LogP contribution in [-0.4, -0.2) is 14.5 Å². The third-order valence-electron chi connectivity index (χ3n) is 11.6. The quantitative estimate of drug-likeness (QED) is 0.167. The SMILES string of the molecule is c1ccc2cc3c(cc2c1)c1c2c4ccccc4c4ccccc4c2ccc1n3-c1nc(-c2cccc3sc4ccccc4c23)c2c(n1)oc1ccccc12. The van der Waals surface area contributed by atoms with Crippen molar-refractivity contribution in [1.82, 2.24) is 14.5 Å². The smallest absolute Gasteiger partial charge is 0.238 e. The fourth-order valence-electron chi connectivity index (χ4n) is 9.28. The Morgan fingerprint density at radius 2 is 1.05 bits per heavy atom. The Balaban J connectivity index is 1.24. The van der Waals surface area contributed by atoms with E-state index in [9.17, 15) is 0 Å². The van der Waals surface area contributed by atoms with Crippen LogP contribution in [0.25, 0.3) is 124 Å². The van der Waals surface area contributed by atoms with Crippen LogP contribution in [0.3, 0.4) is 0 Å². The third-order valence-corrected chi connectivity index (χ3v) is 12.7. The summed E-state index contributed by atoms with van der Waals surface area (Å²) in [4.78, 5) is 11.0. The van der Waals surface area contributed by atoms with Gasteiger partial charge in [-0.2, -0.15) is 4.98 Å². The molecule has 9 aromatic carbocycles. The van der Waals surface area contributed by atoms with Crippen molar-refractivity contribution >= 4 is 118 Å². The molecule has 55 heavy (non-hydrogen) atoms. The van der Waals surface area contributed by atoms with Crippen LogP contribution >= 0.6 is 11.3 Å². The highest BCUT2D eigenvalue weighted by Gasteiger charge is 2.25. The number of hydrogen-bond donors (Lipinski definition) is 0. The van der Waals surface area contributed by atoms with Crippen molar-refractivity contribution in [3.05, 3.63) is 164 Å². The van der Waals surface area contributed by atoms with Crippen LogP contribution in [0.4, 0.5) is 0 Å². The standard InChI is InChI=1S/C50H27N3OS/c1-2-13-29-27-40-38(26-28(29)12-1)46-39(25-24-34-32-16-4-3-14-30(32)31-15-5-6-17-33(31)45(34)46)53(40)50-51-48(47-35-18-7-9-21-41(35)54-49(47)52-50)37-20-11-23-43-44(37)36-19-8-10-22-42(36)55-43/h1-27H. The van der Waals surface area contributed by atoms with E-state index in [0.29, 0.717) is 11.7 Å². The van der Waals surface area contributed by atoms with Gasteiger partial charge in [-0.05, 0) is 74.1 Å². The predicted molar refractivity (Wildman–Crippen MR) is 232 cm³/mol. The van der Waals surface area contributed by atoms with Gasteiger partial charge in [0.2, 0.25) is 11.7 Å². The molecule has 0 radical (unpaired) electrons. The molecule has 0 aliphatic carbocycles. The average Bonchev–Trinajstić information content (AvgIpc) is 3.92. The second-order valence-corrected chi connectivity index (χ2v) is 15.5. The number of aromatic nitrogens is 3. The number of nitrogens with zero attached hydrogens (tertiary/aromatic N) is 3. The fourth-order valence-corrected chi connectivity index (χ4v) is 10.4. The van der Waals surface area contributed by atoms with Crippen molar-refractivity contribution < 1.29 is 4.42 Å². The second-order valence-electron chi connectivity index (χ2n) is 14.5. The molecule has 4 heterocycles. The lowest BCUT2D eigenvalue weighted by Crippen LogP contribution is -2.03. The molecule has 0 aliphatic heterocycles. The van der Waals surface area contributed by atoms with Gasteiger partial charge in [-0.15, -0.1) is 11.3 Å². The van der Waals surface area contributed by atoms with E-state index in [4.69, 9.17) is 14.4 Å². The maximum absolute atomic E-state index is 6.64. The Morgan fingerprint density at radius 3 is 1.87 bits per heavy atom. The number of fused-ring (bicyclic) bond motifs is 17. The highest BCUT2D eigenvalue weighted by Crippen LogP contribution is 2.46. The first-order chi connectivity index (χ1) is 27.3. The van der Waals surface area contributed by atoms with E-state index in [-0.39, 0.29) is 0 Å². The largest absolute Gasteiger partial charge is 0.437 e. The Bertz CT molecular complexity index is 3760. The van der Waals surface area contributed by atoms with Gasteiger partial charge in [0, 0.05) is 47.3 Å². The Kier molecular flexibility index (Phi) is 5.74. The molecule has 13 rings (SSSR count). The molecule has 0 unspecified atom stereocenters.